The SMILES string of the molecule is O=C(O)c1ccnn1-c1cccc(C(F)(F)F)c1. The quantitative estimate of drug-likeness (QED) is 0.898. The normalized spacial score (nSPS) is 11.5. The van der Waals surface area contributed by atoms with E-state index in [1.807, 2.05) is 0 Å². The minimum Gasteiger partial charge on any atom is -0.477 e. The maximum absolute atomic E-state index is 12.5. The summed E-state index contributed by atoms with van der Waals surface area (Å²) >= 11 is 0. The third-order valence-electron chi connectivity index (χ3n) is 2.28. The summed E-state index contributed by atoms with van der Waals surface area (Å²) in [4.78, 5) is 10.9. The van der Waals surface area contributed by atoms with Crippen molar-refractivity contribution >= 4 is 5.97 Å². The number of hydrogen-bond acceptors (Lipinski definition) is 2. The second kappa shape index (κ2) is 4.17. The van der Waals surface area contributed by atoms with Gasteiger partial charge in [0.15, 0.2) is 5.69 Å². The molecule has 4 nitrogen and oxygen atoms in total. The number of rotatable bonds is 2. The van der Waals surface area contributed by atoms with Gasteiger partial charge in [-0.3, -0.25) is 0 Å². The maximum atomic E-state index is 12.5. The third kappa shape index (κ3) is 2.20. The van der Waals surface area contributed by atoms with E-state index in [9.17, 15) is 18.0 Å². The Balaban J connectivity index is 2.52. The fourth-order valence-electron chi connectivity index (χ4n) is 1.49. The molecule has 0 unspecified atom stereocenters. The van der Waals surface area contributed by atoms with Crippen molar-refractivity contribution < 1.29 is 23.1 Å². The monoisotopic (exact) mass is 256 g/mol. The minimum absolute atomic E-state index is 0.0484. The van der Waals surface area contributed by atoms with Crippen LogP contribution in [-0.2, 0) is 6.18 Å². The lowest BCUT2D eigenvalue weighted by atomic mass is 10.2. The molecule has 1 heterocycles. The van der Waals surface area contributed by atoms with Gasteiger partial charge in [0, 0.05) is 0 Å². The summed E-state index contributed by atoms with van der Waals surface area (Å²) in [5, 5.41) is 12.6. The zero-order valence-corrected chi connectivity index (χ0v) is 8.85. The van der Waals surface area contributed by atoms with Crippen molar-refractivity contribution in [3.8, 4) is 5.69 Å². The second-order valence-corrected chi connectivity index (χ2v) is 3.48. The number of nitrogens with zero attached hydrogens (tertiary/aromatic N) is 2. The standard InChI is InChI=1S/C11H7F3N2O2/c12-11(13,14)7-2-1-3-8(6-7)16-9(10(17)18)4-5-15-16/h1-6H,(H,17,18). The molecule has 0 aliphatic heterocycles. The Morgan fingerprint density at radius 1 is 1.28 bits per heavy atom. The smallest absolute Gasteiger partial charge is 0.416 e. The molecular weight excluding hydrogens is 249 g/mol. The van der Waals surface area contributed by atoms with Gasteiger partial charge in [0.05, 0.1) is 17.4 Å². The first-order chi connectivity index (χ1) is 8.39. The highest BCUT2D eigenvalue weighted by Gasteiger charge is 2.30. The molecular formula is C11H7F3N2O2. The highest BCUT2D eigenvalue weighted by atomic mass is 19.4. The third-order valence-corrected chi connectivity index (χ3v) is 2.28. The van der Waals surface area contributed by atoms with Gasteiger partial charge < -0.3 is 5.11 Å². The molecule has 0 saturated heterocycles. The molecule has 1 N–H and O–H groups in total. The summed E-state index contributed by atoms with van der Waals surface area (Å²) in [6.45, 7) is 0. The van der Waals surface area contributed by atoms with E-state index in [4.69, 9.17) is 5.11 Å². The van der Waals surface area contributed by atoms with Crippen molar-refractivity contribution in [2.24, 2.45) is 0 Å². The highest BCUT2D eigenvalue weighted by molar-refractivity contribution is 5.86. The molecule has 0 bridgehead atoms. The molecule has 0 aliphatic carbocycles. The average Bonchev–Trinajstić information content (AvgIpc) is 2.77. The summed E-state index contributed by atoms with van der Waals surface area (Å²) in [7, 11) is 0. The van der Waals surface area contributed by atoms with Gasteiger partial charge in [0.25, 0.3) is 0 Å². The Morgan fingerprint density at radius 2 is 2.00 bits per heavy atom. The molecule has 0 aliphatic rings. The first kappa shape index (κ1) is 12.2. The van der Waals surface area contributed by atoms with Crippen LogP contribution in [0.2, 0.25) is 0 Å². The number of aromatic nitrogens is 2. The number of benzene rings is 1. The van der Waals surface area contributed by atoms with Crippen LogP contribution in [0.15, 0.2) is 36.5 Å². The van der Waals surface area contributed by atoms with Crippen LogP contribution in [0.4, 0.5) is 13.2 Å². The van der Waals surface area contributed by atoms with Gasteiger partial charge in [0.2, 0.25) is 0 Å². The molecule has 2 aromatic rings. The van der Waals surface area contributed by atoms with Gasteiger partial charge in [-0.1, -0.05) is 6.07 Å². The lowest BCUT2D eigenvalue weighted by Crippen LogP contribution is -2.10. The van der Waals surface area contributed by atoms with Gasteiger partial charge in [-0.25, -0.2) is 9.48 Å². The summed E-state index contributed by atoms with van der Waals surface area (Å²) in [5.74, 6) is -1.26. The number of aromatic carboxylic acids is 1. The first-order valence-corrected chi connectivity index (χ1v) is 4.84. The molecule has 0 amide bonds. The Kier molecular flexibility index (Phi) is 2.82. The topological polar surface area (TPSA) is 55.1 Å². The molecule has 18 heavy (non-hydrogen) atoms. The Hall–Kier alpha value is -2.31. The van der Waals surface area contributed by atoms with Gasteiger partial charge in [-0.2, -0.15) is 18.3 Å². The largest absolute Gasteiger partial charge is 0.477 e. The number of carboxylic acids is 1. The van der Waals surface area contributed by atoms with Crippen molar-refractivity contribution in [1.82, 2.24) is 9.78 Å². The maximum Gasteiger partial charge on any atom is 0.416 e. The van der Waals surface area contributed by atoms with Gasteiger partial charge >= 0.3 is 12.1 Å². The van der Waals surface area contributed by atoms with E-state index < -0.39 is 17.7 Å². The van der Waals surface area contributed by atoms with Crippen LogP contribution in [0.5, 0.6) is 0 Å². The van der Waals surface area contributed by atoms with E-state index in [0.717, 1.165) is 16.8 Å². The van der Waals surface area contributed by atoms with E-state index >= 15 is 0 Å². The van der Waals surface area contributed by atoms with Crippen LogP contribution in [-0.4, -0.2) is 20.9 Å². The summed E-state index contributed by atoms with van der Waals surface area (Å²) in [6.07, 6.45) is -3.27. The van der Waals surface area contributed by atoms with Gasteiger partial charge in [-0.05, 0) is 24.3 Å². The van der Waals surface area contributed by atoms with Crippen LogP contribution < -0.4 is 0 Å². The number of hydrogen-bond donors (Lipinski definition) is 1. The minimum atomic E-state index is -4.48. The van der Waals surface area contributed by atoms with Crippen molar-refractivity contribution in [2.45, 2.75) is 6.18 Å². The summed E-state index contributed by atoms with van der Waals surface area (Å²) in [5.41, 5.74) is -1.01. The molecule has 1 aromatic carbocycles. The number of carboxylic acid groups (broad SMARTS) is 1. The van der Waals surface area contributed by atoms with E-state index in [0.29, 0.717) is 0 Å². The van der Waals surface area contributed by atoms with Gasteiger partial charge in [-0.15, -0.1) is 0 Å². The molecule has 0 radical (unpaired) electrons. The number of carbonyl (C=O) groups is 1. The molecule has 0 fully saturated rings. The zero-order valence-electron chi connectivity index (χ0n) is 8.85. The molecule has 2 rings (SSSR count). The van der Waals surface area contributed by atoms with Crippen molar-refractivity contribution in [2.75, 3.05) is 0 Å². The lowest BCUT2D eigenvalue weighted by molar-refractivity contribution is -0.137. The second-order valence-electron chi connectivity index (χ2n) is 3.48. The van der Waals surface area contributed by atoms with E-state index in [1.54, 1.807) is 0 Å². The van der Waals surface area contributed by atoms with E-state index in [-0.39, 0.29) is 11.4 Å². The Bertz CT molecular complexity index is 590. The molecule has 1 aromatic heterocycles. The lowest BCUT2D eigenvalue weighted by Gasteiger charge is -2.09. The highest BCUT2D eigenvalue weighted by Crippen LogP contribution is 2.30. The number of halogens is 3. The fourth-order valence-corrected chi connectivity index (χ4v) is 1.49. The summed E-state index contributed by atoms with van der Waals surface area (Å²) < 4.78 is 38.5. The number of alkyl halides is 3. The van der Waals surface area contributed by atoms with Crippen LogP contribution in [0, 0.1) is 0 Å². The summed E-state index contributed by atoms with van der Waals surface area (Å²) in [6, 6.07) is 5.52. The van der Waals surface area contributed by atoms with Crippen molar-refractivity contribution in [3.63, 3.8) is 0 Å². The fraction of sp³-hybridized carbons (Fsp3) is 0.0909. The molecule has 94 valence electrons. The Labute approximate surface area is 99.3 Å². The average molecular weight is 256 g/mol. The van der Waals surface area contributed by atoms with Crippen LogP contribution in [0.3, 0.4) is 0 Å². The van der Waals surface area contributed by atoms with Crippen LogP contribution in [0.25, 0.3) is 5.69 Å². The molecule has 0 atom stereocenters. The first-order valence-electron chi connectivity index (χ1n) is 4.84. The molecule has 7 heteroatoms. The van der Waals surface area contributed by atoms with Crippen molar-refractivity contribution in [1.29, 1.82) is 0 Å². The van der Waals surface area contributed by atoms with Crippen LogP contribution >= 0.6 is 0 Å². The predicted octanol–water partition coefficient (Wildman–Crippen LogP) is 2.59. The van der Waals surface area contributed by atoms with Crippen LogP contribution in [0.1, 0.15) is 16.1 Å². The molecule has 0 saturated carbocycles. The van der Waals surface area contributed by atoms with Crippen molar-refractivity contribution in [3.05, 3.63) is 47.8 Å². The van der Waals surface area contributed by atoms with E-state index in [2.05, 4.69) is 5.10 Å². The predicted molar refractivity (Wildman–Crippen MR) is 55.5 cm³/mol. The molecule has 0 spiro atoms. The van der Waals surface area contributed by atoms with E-state index in [1.165, 1.54) is 24.4 Å². The van der Waals surface area contributed by atoms with Gasteiger partial charge in [0.1, 0.15) is 0 Å². The zero-order chi connectivity index (χ0) is 13.3. The Morgan fingerprint density at radius 3 is 2.61 bits per heavy atom.